The number of nitrogens with two attached hydrogens (primary N) is 1. The van der Waals surface area contributed by atoms with Gasteiger partial charge in [-0.25, -0.2) is 0 Å². The van der Waals surface area contributed by atoms with Gasteiger partial charge in [0.1, 0.15) is 0 Å². The molecule has 1 heterocycles. The third-order valence-corrected chi connectivity index (χ3v) is 1.77. The van der Waals surface area contributed by atoms with Gasteiger partial charge in [-0.3, -0.25) is 4.68 Å². The first kappa shape index (κ1) is 8.27. The van der Waals surface area contributed by atoms with Gasteiger partial charge in [-0.05, 0) is 31.9 Å². The molecule has 0 aliphatic heterocycles. The van der Waals surface area contributed by atoms with Gasteiger partial charge in [0.15, 0.2) is 0 Å². The number of hydrogen-bond acceptors (Lipinski definition) is 2. The van der Waals surface area contributed by atoms with Gasteiger partial charge >= 0.3 is 0 Å². The van der Waals surface area contributed by atoms with Crippen LogP contribution in [0.25, 0.3) is 0 Å². The average molecular weight is 153 g/mol. The van der Waals surface area contributed by atoms with Gasteiger partial charge in [-0.15, -0.1) is 0 Å². The van der Waals surface area contributed by atoms with Crippen molar-refractivity contribution in [3.8, 4) is 0 Å². The molecule has 2 N–H and O–H groups in total. The van der Waals surface area contributed by atoms with Gasteiger partial charge in [0.25, 0.3) is 0 Å². The predicted molar refractivity (Wildman–Crippen MR) is 45.3 cm³/mol. The summed E-state index contributed by atoms with van der Waals surface area (Å²) < 4.78 is 1.85. The molecule has 0 amide bonds. The van der Waals surface area contributed by atoms with Crippen LogP contribution in [0.3, 0.4) is 0 Å². The Balaban J connectivity index is 2.62. The molecule has 0 atom stereocenters. The summed E-state index contributed by atoms with van der Waals surface area (Å²) in [6.07, 6.45) is 4.16. The van der Waals surface area contributed by atoms with Gasteiger partial charge in [-0.2, -0.15) is 5.10 Å². The summed E-state index contributed by atoms with van der Waals surface area (Å²) in [6.45, 7) is 2.79. The molecule has 0 unspecified atom stereocenters. The molecule has 1 aromatic rings. The second kappa shape index (κ2) is 3.53. The van der Waals surface area contributed by atoms with E-state index in [2.05, 4.69) is 11.3 Å². The number of nitrogens with zero attached hydrogens (tertiary/aromatic N) is 2. The summed E-state index contributed by atoms with van der Waals surface area (Å²) in [5.41, 5.74) is 7.85. The van der Waals surface area contributed by atoms with E-state index in [-0.39, 0.29) is 0 Å². The van der Waals surface area contributed by atoms with E-state index in [4.69, 9.17) is 5.73 Å². The largest absolute Gasteiger partial charge is 0.330 e. The zero-order valence-electron chi connectivity index (χ0n) is 7.17. The van der Waals surface area contributed by atoms with Gasteiger partial charge < -0.3 is 5.73 Å². The maximum Gasteiger partial charge on any atom is 0.0625 e. The van der Waals surface area contributed by atoms with E-state index in [1.807, 2.05) is 18.7 Å². The van der Waals surface area contributed by atoms with Crippen molar-refractivity contribution in [1.82, 2.24) is 9.78 Å². The van der Waals surface area contributed by atoms with E-state index in [1.165, 1.54) is 5.56 Å². The third-order valence-electron chi connectivity index (χ3n) is 1.77. The zero-order valence-corrected chi connectivity index (χ0v) is 7.17. The van der Waals surface area contributed by atoms with Gasteiger partial charge in [0.2, 0.25) is 0 Å². The van der Waals surface area contributed by atoms with E-state index < -0.39 is 0 Å². The quantitative estimate of drug-likeness (QED) is 0.691. The highest BCUT2D eigenvalue weighted by molar-refractivity contribution is 5.15. The van der Waals surface area contributed by atoms with Crippen molar-refractivity contribution in [2.75, 3.05) is 6.54 Å². The van der Waals surface area contributed by atoms with Crippen LogP contribution in [0.2, 0.25) is 0 Å². The third kappa shape index (κ3) is 2.05. The normalized spacial score (nSPS) is 10.5. The second-order valence-corrected chi connectivity index (χ2v) is 2.81. The minimum Gasteiger partial charge on any atom is -0.330 e. The summed E-state index contributed by atoms with van der Waals surface area (Å²) in [4.78, 5) is 0. The summed E-state index contributed by atoms with van der Waals surface area (Å²) in [5, 5.41) is 4.24. The standard InChI is InChI=1S/C8H15N3/c1-7-8(4-3-5-9)6-11(2)10-7/h6H,3-5,9H2,1-2H3. The molecule has 1 rings (SSSR count). The van der Waals surface area contributed by atoms with Crippen LogP contribution >= 0.6 is 0 Å². The van der Waals surface area contributed by atoms with Crippen molar-refractivity contribution < 1.29 is 0 Å². The minimum atomic E-state index is 0.758. The van der Waals surface area contributed by atoms with Crippen LogP contribution < -0.4 is 5.73 Å². The molecular formula is C8H15N3. The smallest absolute Gasteiger partial charge is 0.0625 e. The Kier molecular flexibility index (Phi) is 2.65. The molecule has 0 aromatic carbocycles. The number of aromatic nitrogens is 2. The topological polar surface area (TPSA) is 43.8 Å². The van der Waals surface area contributed by atoms with E-state index in [0.29, 0.717) is 0 Å². The van der Waals surface area contributed by atoms with Crippen LogP contribution in [0.5, 0.6) is 0 Å². The highest BCUT2D eigenvalue weighted by Gasteiger charge is 2.00. The van der Waals surface area contributed by atoms with Crippen LogP contribution in [-0.4, -0.2) is 16.3 Å². The molecular weight excluding hydrogens is 138 g/mol. The lowest BCUT2D eigenvalue weighted by atomic mass is 10.1. The molecule has 0 fully saturated rings. The fourth-order valence-electron chi connectivity index (χ4n) is 1.19. The lowest BCUT2D eigenvalue weighted by molar-refractivity contribution is 0.756. The Bertz CT molecular complexity index is 227. The first-order valence-electron chi connectivity index (χ1n) is 3.93. The predicted octanol–water partition coefficient (Wildman–Crippen LogP) is 0.620. The van der Waals surface area contributed by atoms with Crippen LogP contribution in [-0.2, 0) is 13.5 Å². The lowest BCUT2D eigenvalue weighted by Gasteiger charge is -1.93. The molecule has 0 bridgehead atoms. The Morgan fingerprint density at radius 3 is 2.82 bits per heavy atom. The SMILES string of the molecule is Cc1nn(C)cc1CCCN. The lowest BCUT2D eigenvalue weighted by Crippen LogP contribution is -2.00. The Labute approximate surface area is 67.2 Å². The summed E-state index contributed by atoms with van der Waals surface area (Å²) in [7, 11) is 1.94. The molecule has 0 saturated carbocycles. The van der Waals surface area contributed by atoms with Crippen LogP contribution in [0.4, 0.5) is 0 Å². The maximum atomic E-state index is 5.41. The molecule has 0 spiro atoms. The molecule has 0 aliphatic carbocycles. The highest BCUT2D eigenvalue weighted by atomic mass is 15.2. The van der Waals surface area contributed by atoms with Crippen molar-refractivity contribution in [1.29, 1.82) is 0 Å². The van der Waals surface area contributed by atoms with E-state index in [1.54, 1.807) is 0 Å². The summed E-state index contributed by atoms with van der Waals surface area (Å²) >= 11 is 0. The minimum absolute atomic E-state index is 0.758. The highest BCUT2D eigenvalue weighted by Crippen LogP contribution is 2.06. The van der Waals surface area contributed by atoms with E-state index >= 15 is 0 Å². The fourth-order valence-corrected chi connectivity index (χ4v) is 1.19. The van der Waals surface area contributed by atoms with Crippen molar-refractivity contribution in [2.45, 2.75) is 19.8 Å². The van der Waals surface area contributed by atoms with Gasteiger partial charge in [-0.1, -0.05) is 0 Å². The first-order chi connectivity index (χ1) is 5.24. The molecule has 62 valence electrons. The molecule has 3 heteroatoms. The van der Waals surface area contributed by atoms with E-state index in [9.17, 15) is 0 Å². The monoisotopic (exact) mass is 153 g/mol. The van der Waals surface area contributed by atoms with Crippen LogP contribution in [0.1, 0.15) is 17.7 Å². The zero-order chi connectivity index (χ0) is 8.27. The number of aryl methyl sites for hydroxylation is 3. The van der Waals surface area contributed by atoms with Gasteiger partial charge in [0, 0.05) is 13.2 Å². The molecule has 1 aromatic heterocycles. The van der Waals surface area contributed by atoms with Crippen molar-refractivity contribution >= 4 is 0 Å². The maximum absolute atomic E-state index is 5.41. The Morgan fingerprint density at radius 2 is 2.36 bits per heavy atom. The Hall–Kier alpha value is -0.830. The summed E-state index contributed by atoms with van der Waals surface area (Å²) in [6, 6.07) is 0. The van der Waals surface area contributed by atoms with Crippen LogP contribution in [0, 0.1) is 6.92 Å². The van der Waals surface area contributed by atoms with Crippen molar-refractivity contribution in [3.63, 3.8) is 0 Å². The van der Waals surface area contributed by atoms with Crippen LogP contribution in [0.15, 0.2) is 6.20 Å². The van der Waals surface area contributed by atoms with E-state index in [0.717, 1.165) is 25.1 Å². The Morgan fingerprint density at radius 1 is 1.64 bits per heavy atom. The fraction of sp³-hybridized carbons (Fsp3) is 0.625. The second-order valence-electron chi connectivity index (χ2n) is 2.81. The molecule has 0 radical (unpaired) electrons. The summed E-state index contributed by atoms with van der Waals surface area (Å²) in [5.74, 6) is 0. The van der Waals surface area contributed by atoms with Gasteiger partial charge in [0.05, 0.1) is 5.69 Å². The van der Waals surface area contributed by atoms with Crippen molar-refractivity contribution in [2.24, 2.45) is 12.8 Å². The molecule has 3 nitrogen and oxygen atoms in total. The van der Waals surface area contributed by atoms with Crippen molar-refractivity contribution in [3.05, 3.63) is 17.5 Å². The molecule has 0 saturated heterocycles. The average Bonchev–Trinajstić information content (AvgIpc) is 2.26. The number of hydrogen-bond donors (Lipinski definition) is 1. The molecule has 11 heavy (non-hydrogen) atoms. The first-order valence-corrected chi connectivity index (χ1v) is 3.93. The molecule has 0 aliphatic rings. The number of rotatable bonds is 3.